The number of hydrogen-bond acceptors (Lipinski definition) is 11. The summed E-state index contributed by atoms with van der Waals surface area (Å²) in [5, 5.41) is 5.10. The van der Waals surface area contributed by atoms with Crippen molar-refractivity contribution >= 4 is 42.4 Å². The Bertz CT molecular complexity index is 1220. The van der Waals surface area contributed by atoms with Crippen molar-refractivity contribution < 1.29 is 47.7 Å². The van der Waals surface area contributed by atoms with E-state index in [-0.39, 0.29) is 42.4 Å². The third-order valence-electron chi connectivity index (χ3n) is 5.16. The molecular formula is C29H37ClN2O10. The fraction of sp³-hybridized carbons (Fsp3) is 0.414. The van der Waals surface area contributed by atoms with Crippen LogP contribution in [0.3, 0.4) is 0 Å². The summed E-state index contributed by atoms with van der Waals surface area (Å²) in [7, 11) is 1.56. The van der Waals surface area contributed by atoms with Gasteiger partial charge in [-0.1, -0.05) is 38.1 Å². The van der Waals surface area contributed by atoms with Gasteiger partial charge in [-0.25, -0.2) is 14.4 Å². The van der Waals surface area contributed by atoms with Gasteiger partial charge in [-0.3, -0.25) is 9.59 Å². The molecule has 0 bridgehead atoms. The summed E-state index contributed by atoms with van der Waals surface area (Å²) in [5.41, 5.74) is 0.721. The van der Waals surface area contributed by atoms with Gasteiger partial charge < -0.3 is 34.3 Å². The number of carbonyl (C=O) groups is 5. The van der Waals surface area contributed by atoms with Gasteiger partial charge >= 0.3 is 30.0 Å². The molecule has 0 aliphatic carbocycles. The second-order valence-electron chi connectivity index (χ2n) is 9.49. The first kappa shape index (κ1) is 35.9. The van der Waals surface area contributed by atoms with Crippen LogP contribution in [0.2, 0.25) is 0 Å². The van der Waals surface area contributed by atoms with E-state index in [1.54, 1.807) is 71.1 Å². The zero-order chi connectivity index (χ0) is 30.5. The zero-order valence-electron chi connectivity index (χ0n) is 24.3. The molecule has 0 fully saturated rings. The summed E-state index contributed by atoms with van der Waals surface area (Å²) in [5.74, 6) is -3.15. The van der Waals surface area contributed by atoms with E-state index in [2.05, 4.69) is 10.6 Å². The van der Waals surface area contributed by atoms with Gasteiger partial charge in [0, 0.05) is 13.3 Å². The number of rotatable bonds is 13. The van der Waals surface area contributed by atoms with E-state index in [0.717, 1.165) is 0 Å². The zero-order valence-corrected chi connectivity index (χ0v) is 25.1. The molecular weight excluding hydrogens is 572 g/mol. The largest absolute Gasteiger partial charge is 0.461 e. The van der Waals surface area contributed by atoms with Crippen molar-refractivity contribution in [2.45, 2.75) is 59.5 Å². The van der Waals surface area contributed by atoms with Crippen molar-refractivity contribution in [2.75, 3.05) is 13.6 Å². The number of hydrogen-bond donors (Lipinski definition) is 2. The smallest absolute Gasteiger partial charge is 0.410 e. The van der Waals surface area contributed by atoms with Gasteiger partial charge in [0.2, 0.25) is 6.29 Å². The Kier molecular flexibility index (Phi) is 15.0. The summed E-state index contributed by atoms with van der Waals surface area (Å²) in [6.07, 6.45) is -2.81. The van der Waals surface area contributed by atoms with Crippen LogP contribution in [0.25, 0.3) is 0 Å². The lowest BCUT2D eigenvalue weighted by atomic mass is 10.1. The summed E-state index contributed by atoms with van der Waals surface area (Å²) in [4.78, 5) is 62.0. The Balaban J connectivity index is 0.00000882. The van der Waals surface area contributed by atoms with Crippen LogP contribution in [-0.4, -0.2) is 62.0 Å². The summed E-state index contributed by atoms with van der Waals surface area (Å²) in [6, 6.07) is 11.4. The number of carbonyl (C=O) groups excluding carboxylic acids is 5. The van der Waals surface area contributed by atoms with Gasteiger partial charge in [0.1, 0.15) is 6.04 Å². The highest BCUT2D eigenvalue weighted by Gasteiger charge is 2.27. The van der Waals surface area contributed by atoms with Crippen molar-refractivity contribution in [3.8, 4) is 11.5 Å². The van der Waals surface area contributed by atoms with Gasteiger partial charge in [-0.15, -0.1) is 12.4 Å². The molecule has 1 unspecified atom stereocenters. The lowest BCUT2D eigenvalue weighted by Gasteiger charge is -2.21. The van der Waals surface area contributed by atoms with Crippen LogP contribution >= 0.6 is 12.4 Å². The molecule has 42 heavy (non-hydrogen) atoms. The average Bonchev–Trinajstić information content (AvgIpc) is 2.89. The number of nitrogens with one attached hydrogen (secondary N) is 2. The number of amides is 1. The minimum Gasteiger partial charge on any atom is -0.461 e. The maximum atomic E-state index is 12.8. The normalized spacial score (nSPS) is 11.9. The van der Waals surface area contributed by atoms with Crippen LogP contribution < -0.4 is 20.1 Å². The highest BCUT2D eigenvalue weighted by molar-refractivity contribution is 5.91. The first-order valence-electron chi connectivity index (χ1n) is 13.0. The highest BCUT2D eigenvalue weighted by Crippen LogP contribution is 2.30. The number of halogens is 1. The van der Waals surface area contributed by atoms with Crippen LogP contribution in [0.5, 0.6) is 11.5 Å². The van der Waals surface area contributed by atoms with Crippen molar-refractivity contribution in [1.29, 1.82) is 0 Å². The molecule has 2 N–H and O–H groups in total. The number of esters is 4. The van der Waals surface area contributed by atoms with Gasteiger partial charge in [0.25, 0.3) is 0 Å². The Hall–Kier alpha value is -4.16. The summed E-state index contributed by atoms with van der Waals surface area (Å²) < 4.78 is 26.2. The monoisotopic (exact) mass is 608 g/mol. The Morgan fingerprint density at radius 3 is 2.05 bits per heavy atom. The van der Waals surface area contributed by atoms with Crippen molar-refractivity contribution in [3.63, 3.8) is 0 Å². The van der Waals surface area contributed by atoms with Crippen LogP contribution in [0.1, 0.15) is 50.5 Å². The molecule has 0 heterocycles. The van der Waals surface area contributed by atoms with E-state index in [9.17, 15) is 24.0 Å². The molecule has 0 spiro atoms. The van der Waals surface area contributed by atoms with E-state index in [0.29, 0.717) is 5.56 Å². The summed E-state index contributed by atoms with van der Waals surface area (Å²) >= 11 is 0. The van der Waals surface area contributed by atoms with Crippen LogP contribution in [-0.2, 0) is 35.0 Å². The van der Waals surface area contributed by atoms with E-state index in [1.807, 2.05) is 0 Å². The molecule has 2 rings (SSSR count). The first-order chi connectivity index (χ1) is 19.4. The predicted molar refractivity (Wildman–Crippen MR) is 153 cm³/mol. The van der Waals surface area contributed by atoms with Gasteiger partial charge in [-0.2, -0.15) is 0 Å². The van der Waals surface area contributed by atoms with E-state index >= 15 is 0 Å². The fourth-order valence-electron chi connectivity index (χ4n) is 3.27. The lowest BCUT2D eigenvalue weighted by Crippen LogP contribution is -2.45. The fourth-order valence-corrected chi connectivity index (χ4v) is 3.27. The average molecular weight is 609 g/mol. The Morgan fingerprint density at radius 1 is 0.786 bits per heavy atom. The van der Waals surface area contributed by atoms with E-state index < -0.39 is 54.3 Å². The van der Waals surface area contributed by atoms with E-state index in [4.69, 9.17) is 23.7 Å². The first-order valence-corrected chi connectivity index (χ1v) is 13.0. The quantitative estimate of drug-likeness (QED) is 0.195. The molecule has 2 atom stereocenters. The molecule has 0 aliphatic heterocycles. The second kappa shape index (κ2) is 17.6. The minimum atomic E-state index is -1.23. The topological polar surface area (TPSA) is 156 Å². The second-order valence-corrected chi connectivity index (χ2v) is 9.49. The minimum absolute atomic E-state index is 0. The Morgan fingerprint density at radius 2 is 1.45 bits per heavy atom. The van der Waals surface area contributed by atoms with Crippen LogP contribution in [0.15, 0.2) is 48.5 Å². The number of benzene rings is 2. The van der Waals surface area contributed by atoms with Crippen LogP contribution in [0.4, 0.5) is 4.79 Å². The Labute approximate surface area is 250 Å². The molecule has 13 heteroatoms. The molecule has 2 aromatic rings. The number of ether oxygens (including phenoxy) is 5. The molecule has 0 aromatic heterocycles. The third-order valence-corrected chi connectivity index (χ3v) is 5.16. The molecule has 12 nitrogen and oxygen atoms in total. The summed E-state index contributed by atoms with van der Waals surface area (Å²) in [6.45, 7) is 7.80. The maximum absolute atomic E-state index is 12.8. The van der Waals surface area contributed by atoms with Gasteiger partial charge in [0.15, 0.2) is 11.5 Å². The SMILES string of the molecule is CNCC(=O)Oc1cc(C[C@H](NC(=O)OC(C)OC(=O)C(C)C)C(=O)OC(C)C)ccc1OC(=O)c1ccccc1.Cl. The maximum Gasteiger partial charge on any atom is 0.410 e. The van der Waals surface area contributed by atoms with Crippen molar-refractivity contribution in [2.24, 2.45) is 5.92 Å². The molecule has 2 aromatic carbocycles. The van der Waals surface area contributed by atoms with Crippen molar-refractivity contribution in [1.82, 2.24) is 10.6 Å². The molecule has 0 saturated heterocycles. The lowest BCUT2D eigenvalue weighted by molar-refractivity contribution is -0.169. The standard InChI is InChI=1S/C29H36N2O10.ClH/c1-17(2)26(33)38-19(5)39-29(36)31-22(28(35)37-18(3)4)14-20-12-13-23(24(15-20)40-25(32)16-30-6)41-27(34)21-10-8-7-9-11-21;/h7-13,15,17-19,22,30H,14,16H2,1-6H3,(H,31,36);1H/t19?,22-;/m0./s1. The molecule has 0 aliphatic rings. The molecule has 0 radical (unpaired) electrons. The van der Waals surface area contributed by atoms with E-state index in [1.165, 1.54) is 19.1 Å². The van der Waals surface area contributed by atoms with Gasteiger partial charge in [0.05, 0.1) is 24.1 Å². The van der Waals surface area contributed by atoms with Crippen LogP contribution in [0, 0.1) is 5.92 Å². The van der Waals surface area contributed by atoms with Crippen molar-refractivity contribution in [3.05, 3.63) is 59.7 Å². The highest BCUT2D eigenvalue weighted by atomic mass is 35.5. The molecule has 1 amide bonds. The predicted octanol–water partition coefficient (Wildman–Crippen LogP) is 3.59. The number of alkyl carbamates (subject to hydrolysis) is 1. The third kappa shape index (κ3) is 12.1. The molecule has 0 saturated carbocycles. The number of likely N-dealkylation sites (N-methyl/N-ethyl adjacent to an activating group) is 1. The molecule has 230 valence electrons. The van der Waals surface area contributed by atoms with Gasteiger partial charge in [-0.05, 0) is 50.7 Å².